The Labute approximate surface area is 161 Å². The number of hydrogen-bond acceptors (Lipinski definition) is 3. The van der Waals surface area contributed by atoms with Gasteiger partial charge in [0.2, 0.25) is 5.91 Å². The van der Waals surface area contributed by atoms with Crippen LogP contribution in [0.25, 0.3) is 10.9 Å². The monoisotopic (exact) mass is 369 g/mol. The zero-order valence-corrected chi connectivity index (χ0v) is 16.8. The second-order valence-corrected chi connectivity index (χ2v) is 7.63. The summed E-state index contributed by atoms with van der Waals surface area (Å²) in [6, 6.07) is 7.29. The first-order valence-corrected chi connectivity index (χ1v) is 10.4. The third-order valence-corrected chi connectivity index (χ3v) is 5.67. The maximum absolute atomic E-state index is 13.1. The molecule has 0 spiro atoms. The van der Waals surface area contributed by atoms with Gasteiger partial charge >= 0.3 is 0 Å². The number of fused-ring (bicyclic) bond motifs is 1. The molecule has 1 aliphatic rings. The number of para-hydroxylation sites is 1. The molecule has 146 valence electrons. The molecule has 5 heteroatoms. The minimum Gasteiger partial charge on any atom is -0.333 e. The van der Waals surface area contributed by atoms with Gasteiger partial charge in [0.1, 0.15) is 5.82 Å². The fourth-order valence-corrected chi connectivity index (χ4v) is 3.80. The Morgan fingerprint density at radius 3 is 2.63 bits per heavy atom. The van der Waals surface area contributed by atoms with Crippen molar-refractivity contribution in [1.82, 2.24) is 14.5 Å². The molecule has 0 N–H and O–H groups in total. The summed E-state index contributed by atoms with van der Waals surface area (Å²) in [4.78, 5) is 33.0. The predicted octanol–water partition coefficient (Wildman–Crippen LogP) is 4.30. The van der Waals surface area contributed by atoms with Crippen LogP contribution in [-0.4, -0.2) is 26.9 Å². The van der Waals surface area contributed by atoms with Crippen molar-refractivity contribution in [2.75, 3.05) is 6.54 Å². The minimum absolute atomic E-state index is 0.00386. The summed E-state index contributed by atoms with van der Waals surface area (Å²) >= 11 is 0. The lowest BCUT2D eigenvalue weighted by Gasteiger charge is -2.36. The largest absolute Gasteiger partial charge is 0.333 e. The van der Waals surface area contributed by atoms with Gasteiger partial charge in [-0.15, -0.1) is 0 Å². The summed E-state index contributed by atoms with van der Waals surface area (Å²) < 4.78 is 1.78. The van der Waals surface area contributed by atoms with Crippen molar-refractivity contribution >= 4 is 16.8 Å². The first kappa shape index (κ1) is 19.6. The van der Waals surface area contributed by atoms with Crippen molar-refractivity contribution < 1.29 is 4.79 Å². The third kappa shape index (κ3) is 3.92. The zero-order chi connectivity index (χ0) is 19.4. The van der Waals surface area contributed by atoms with E-state index in [2.05, 4.69) is 13.8 Å². The van der Waals surface area contributed by atoms with Crippen LogP contribution in [0.3, 0.4) is 0 Å². The van der Waals surface area contributed by atoms with Gasteiger partial charge in [-0.25, -0.2) is 4.98 Å². The highest BCUT2D eigenvalue weighted by Gasteiger charge is 2.33. The van der Waals surface area contributed by atoms with E-state index in [1.807, 2.05) is 36.1 Å². The summed E-state index contributed by atoms with van der Waals surface area (Å²) in [5, 5.41) is 0.646. The Bertz CT molecular complexity index is 854. The van der Waals surface area contributed by atoms with Gasteiger partial charge in [-0.3, -0.25) is 14.2 Å². The van der Waals surface area contributed by atoms with Gasteiger partial charge in [-0.2, -0.15) is 0 Å². The van der Waals surface area contributed by atoms with E-state index in [1.54, 1.807) is 4.57 Å². The number of carbonyl (C=O) groups excluding carboxylic acids is 1. The maximum Gasteiger partial charge on any atom is 0.261 e. The van der Waals surface area contributed by atoms with Crippen molar-refractivity contribution in [1.29, 1.82) is 0 Å². The van der Waals surface area contributed by atoms with Crippen LogP contribution in [0.15, 0.2) is 29.1 Å². The third-order valence-electron chi connectivity index (χ3n) is 5.67. The number of hydrogen-bond donors (Lipinski definition) is 0. The van der Waals surface area contributed by atoms with Crippen molar-refractivity contribution in [3.05, 3.63) is 40.4 Å². The number of carbonyl (C=O) groups is 1. The molecule has 1 atom stereocenters. The first-order valence-electron chi connectivity index (χ1n) is 10.4. The van der Waals surface area contributed by atoms with E-state index in [-0.39, 0.29) is 23.4 Å². The van der Waals surface area contributed by atoms with Crippen molar-refractivity contribution in [3.63, 3.8) is 0 Å². The summed E-state index contributed by atoms with van der Waals surface area (Å²) in [5.41, 5.74) is 0.707. The van der Waals surface area contributed by atoms with Crippen LogP contribution in [-0.2, 0) is 11.3 Å². The lowest BCUT2D eigenvalue weighted by molar-refractivity contribution is -0.140. The highest BCUT2D eigenvalue weighted by molar-refractivity contribution is 5.80. The van der Waals surface area contributed by atoms with E-state index in [9.17, 15) is 9.59 Å². The second-order valence-electron chi connectivity index (χ2n) is 7.63. The lowest BCUT2D eigenvalue weighted by Crippen LogP contribution is -2.43. The molecule has 27 heavy (non-hydrogen) atoms. The fraction of sp³-hybridized carbons (Fsp3) is 0.591. The fourth-order valence-electron chi connectivity index (χ4n) is 3.80. The van der Waals surface area contributed by atoms with Crippen LogP contribution in [0, 0.1) is 5.92 Å². The van der Waals surface area contributed by atoms with Crippen LogP contribution in [0.5, 0.6) is 0 Å². The summed E-state index contributed by atoms with van der Waals surface area (Å²) in [5.74, 6) is 1.09. The van der Waals surface area contributed by atoms with Gasteiger partial charge in [0.15, 0.2) is 0 Å². The molecule has 0 saturated heterocycles. The number of rotatable bonds is 8. The molecule has 5 nitrogen and oxygen atoms in total. The molecule has 2 aromatic rings. The molecule has 1 aromatic carbocycles. The smallest absolute Gasteiger partial charge is 0.261 e. The quantitative estimate of drug-likeness (QED) is 0.697. The highest BCUT2D eigenvalue weighted by atomic mass is 16.2. The average molecular weight is 370 g/mol. The molecule has 1 fully saturated rings. The van der Waals surface area contributed by atoms with Gasteiger partial charge in [-0.05, 0) is 44.7 Å². The van der Waals surface area contributed by atoms with Crippen molar-refractivity contribution in [2.24, 2.45) is 5.92 Å². The molecule has 0 radical (unpaired) electrons. The number of nitrogens with zero attached hydrogens (tertiary/aromatic N) is 3. The Kier molecular flexibility index (Phi) is 6.30. The number of benzene rings is 1. The molecule has 1 aliphatic carbocycles. The Balaban J connectivity index is 2.05. The minimum atomic E-state index is -0.200. The molecular weight excluding hydrogens is 338 g/mol. The van der Waals surface area contributed by atoms with Gasteiger partial charge < -0.3 is 4.90 Å². The van der Waals surface area contributed by atoms with E-state index in [0.717, 1.165) is 45.1 Å². The molecule has 0 bridgehead atoms. The number of amides is 1. The normalized spacial score (nSPS) is 15.5. The second kappa shape index (κ2) is 8.68. The van der Waals surface area contributed by atoms with E-state index in [1.165, 1.54) is 0 Å². The lowest BCUT2D eigenvalue weighted by atomic mass is 9.84. The molecule has 1 saturated carbocycles. The van der Waals surface area contributed by atoms with Crippen LogP contribution in [0.4, 0.5) is 0 Å². The Morgan fingerprint density at radius 1 is 1.26 bits per heavy atom. The topological polar surface area (TPSA) is 55.2 Å². The van der Waals surface area contributed by atoms with Gasteiger partial charge in [0.05, 0.1) is 16.9 Å². The van der Waals surface area contributed by atoms with Crippen molar-refractivity contribution in [3.8, 4) is 0 Å². The van der Waals surface area contributed by atoms with Gasteiger partial charge in [0, 0.05) is 19.0 Å². The van der Waals surface area contributed by atoms with Crippen molar-refractivity contribution in [2.45, 2.75) is 71.9 Å². The van der Waals surface area contributed by atoms with Gasteiger partial charge in [0.25, 0.3) is 5.56 Å². The average Bonchev–Trinajstić information content (AvgIpc) is 2.62. The van der Waals surface area contributed by atoms with E-state index >= 15 is 0 Å². The van der Waals surface area contributed by atoms with Crippen LogP contribution < -0.4 is 5.56 Å². The van der Waals surface area contributed by atoms with E-state index in [0.29, 0.717) is 23.3 Å². The van der Waals surface area contributed by atoms with Crippen LogP contribution >= 0.6 is 0 Å². The molecule has 1 heterocycles. The van der Waals surface area contributed by atoms with Gasteiger partial charge in [-0.1, -0.05) is 38.8 Å². The predicted molar refractivity (Wildman–Crippen MR) is 109 cm³/mol. The number of aromatic nitrogens is 2. The standard InChI is InChI=1S/C22H31N3O2/c1-4-6-15-24(21(26)17-10-9-11-17)16(3)20-23-19-13-8-7-12-18(19)22(27)25(20)14-5-2/h7-8,12-13,16-17H,4-6,9-11,14-15H2,1-3H3. The van der Waals surface area contributed by atoms with Crippen LogP contribution in [0.2, 0.25) is 0 Å². The maximum atomic E-state index is 13.1. The zero-order valence-electron chi connectivity index (χ0n) is 16.8. The number of unbranched alkanes of at least 4 members (excludes halogenated alkanes) is 1. The highest BCUT2D eigenvalue weighted by Crippen LogP contribution is 2.31. The summed E-state index contributed by atoms with van der Waals surface area (Å²) in [6.07, 6.45) is 5.97. The summed E-state index contributed by atoms with van der Waals surface area (Å²) in [6.45, 7) is 7.56. The summed E-state index contributed by atoms with van der Waals surface area (Å²) in [7, 11) is 0. The van der Waals surface area contributed by atoms with E-state index in [4.69, 9.17) is 4.98 Å². The molecule has 1 unspecified atom stereocenters. The molecule has 0 aliphatic heterocycles. The van der Waals surface area contributed by atoms with Crippen LogP contribution in [0.1, 0.15) is 71.2 Å². The molecule has 3 rings (SSSR count). The Hall–Kier alpha value is -2.17. The molecule has 1 aromatic heterocycles. The molecule has 1 amide bonds. The first-order chi connectivity index (χ1) is 13.1. The van der Waals surface area contributed by atoms with E-state index < -0.39 is 0 Å². The SMILES string of the molecule is CCCCN(C(=O)C1CCC1)C(C)c1nc2ccccc2c(=O)n1CCC. The molecular formula is C22H31N3O2. The Morgan fingerprint density at radius 2 is 2.00 bits per heavy atom.